The number of likely N-dealkylation sites (N-methyl/N-ethyl adjacent to an activating group) is 1. The molecule has 3 N–H and O–H groups in total. The van der Waals surface area contributed by atoms with E-state index in [9.17, 15) is 14.7 Å². The van der Waals surface area contributed by atoms with E-state index in [2.05, 4.69) is 10.6 Å². The van der Waals surface area contributed by atoms with Gasteiger partial charge in [-0.25, -0.2) is 4.79 Å². The Balaban J connectivity index is 2.08. The van der Waals surface area contributed by atoms with Crippen molar-refractivity contribution in [2.75, 3.05) is 13.6 Å². The van der Waals surface area contributed by atoms with Gasteiger partial charge in [0.15, 0.2) is 0 Å². The number of phenols is 1. The van der Waals surface area contributed by atoms with Crippen LogP contribution < -0.4 is 10.6 Å². The van der Waals surface area contributed by atoms with Gasteiger partial charge in [-0.2, -0.15) is 0 Å². The summed E-state index contributed by atoms with van der Waals surface area (Å²) < 4.78 is 0. The van der Waals surface area contributed by atoms with Crippen LogP contribution >= 0.6 is 0 Å². The summed E-state index contributed by atoms with van der Waals surface area (Å²) in [6.07, 6.45) is 0. The first kappa shape index (κ1) is 11.6. The number of nitrogens with zero attached hydrogens (tertiary/aromatic N) is 1. The van der Waals surface area contributed by atoms with Gasteiger partial charge >= 0.3 is 6.03 Å². The number of urea groups is 1. The minimum absolute atomic E-state index is 0.146. The predicted molar refractivity (Wildman–Crippen MR) is 67.2 cm³/mol. The number of benzene rings is 1. The van der Waals surface area contributed by atoms with E-state index in [-0.39, 0.29) is 17.7 Å². The fraction of sp³-hybridized carbons (Fsp3) is 0.231. The molecule has 2 heterocycles. The molecule has 0 aromatic heterocycles. The number of hydrogen-bond acceptors (Lipinski definition) is 3. The Hall–Kier alpha value is -2.50. The molecule has 1 atom stereocenters. The topological polar surface area (TPSA) is 81.7 Å². The number of carbonyl (C=O) groups excluding carboxylic acids is 2. The lowest BCUT2D eigenvalue weighted by Crippen LogP contribution is -2.45. The van der Waals surface area contributed by atoms with Gasteiger partial charge in [0.2, 0.25) is 0 Å². The van der Waals surface area contributed by atoms with Gasteiger partial charge in [-0.15, -0.1) is 0 Å². The molecule has 0 spiro atoms. The largest absolute Gasteiger partial charge is 0.508 e. The molecule has 0 saturated heterocycles. The molecule has 2 aliphatic rings. The molecule has 0 unspecified atom stereocenters. The lowest BCUT2D eigenvalue weighted by Gasteiger charge is -2.31. The van der Waals surface area contributed by atoms with Crippen molar-refractivity contribution in [1.82, 2.24) is 15.5 Å². The van der Waals surface area contributed by atoms with E-state index in [1.165, 1.54) is 17.0 Å². The maximum absolute atomic E-state index is 11.9. The second-order valence-electron chi connectivity index (χ2n) is 4.58. The third kappa shape index (κ3) is 1.72. The summed E-state index contributed by atoms with van der Waals surface area (Å²) in [5, 5.41) is 14.8. The van der Waals surface area contributed by atoms with E-state index in [0.29, 0.717) is 17.8 Å². The maximum Gasteiger partial charge on any atom is 0.322 e. The van der Waals surface area contributed by atoms with Crippen molar-refractivity contribution >= 4 is 11.9 Å². The fourth-order valence-electron chi connectivity index (χ4n) is 2.41. The Morgan fingerprint density at radius 3 is 2.63 bits per heavy atom. The zero-order valence-electron chi connectivity index (χ0n) is 10.3. The van der Waals surface area contributed by atoms with Crippen LogP contribution in [0.4, 0.5) is 4.79 Å². The van der Waals surface area contributed by atoms with Crippen LogP contribution in [0.1, 0.15) is 11.6 Å². The zero-order valence-corrected chi connectivity index (χ0v) is 10.3. The van der Waals surface area contributed by atoms with Crippen LogP contribution in [0.5, 0.6) is 5.75 Å². The molecule has 1 aromatic carbocycles. The third-order valence-electron chi connectivity index (χ3n) is 3.46. The Labute approximate surface area is 109 Å². The van der Waals surface area contributed by atoms with Gasteiger partial charge in [-0.1, -0.05) is 12.1 Å². The zero-order chi connectivity index (χ0) is 13.6. The quantitative estimate of drug-likeness (QED) is 0.685. The van der Waals surface area contributed by atoms with Gasteiger partial charge < -0.3 is 15.7 Å². The normalized spacial score (nSPS) is 22.2. The lowest BCUT2D eigenvalue weighted by atomic mass is 9.96. The Kier molecular flexibility index (Phi) is 2.45. The van der Waals surface area contributed by atoms with Crippen molar-refractivity contribution in [2.45, 2.75) is 6.04 Å². The van der Waals surface area contributed by atoms with Crippen LogP contribution in [0, 0.1) is 0 Å². The highest BCUT2D eigenvalue weighted by Crippen LogP contribution is 2.32. The first-order valence-corrected chi connectivity index (χ1v) is 5.92. The van der Waals surface area contributed by atoms with Crippen LogP contribution in [0.25, 0.3) is 0 Å². The summed E-state index contributed by atoms with van der Waals surface area (Å²) in [7, 11) is 1.64. The summed E-state index contributed by atoms with van der Waals surface area (Å²) in [6.45, 7) is 0.368. The number of aromatic hydroxyl groups is 1. The molecule has 3 rings (SSSR count). The average molecular weight is 259 g/mol. The second kappa shape index (κ2) is 4.01. The summed E-state index contributed by atoms with van der Waals surface area (Å²) in [4.78, 5) is 25.2. The van der Waals surface area contributed by atoms with E-state index in [4.69, 9.17) is 0 Å². The maximum atomic E-state index is 11.9. The van der Waals surface area contributed by atoms with E-state index < -0.39 is 6.04 Å². The Morgan fingerprint density at radius 1 is 1.26 bits per heavy atom. The van der Waals surface area contributed by atoms with Crippen molar-refractivity contribution in [1.29, 1.82) is 0 Å². The third-order valence-corrected chi connectivity index (χ3v) is 3.46. The van der Waals surface area contributed by atoms with Gasteiger partial charge in [-0.3, -0.25) is 9.69 Å². The first-order valence-electron chi connectivity index (χ1n) is 5.92. The molecule has 0 aliphatic carbocycles. The van der Waals surface area contributed by atoms with Crippen LogP contribution in [0.2, 0.25) is 0 Å². The van der Waals surface area contributed by atoms with E-state index in [1.54, 1.807) is 19.2 Å². The highest BCUT2D eigenvalue weighted by Gasteiger charge is 2.38. The minimum Gasteiger partial charge on any atom is -0.508 e. The number of hydrogen-bond donors (Lipinski definition) is 3. The molecule has 0 fully saturated rings. The molecule has 98 valence electrons. The molecule has 1 aromatic rings. The molecule has 0 saturated carbocycles. The van der Waals surface area contributed by atoms with Crippen LogP contribution in [0.15, 0.2) is 35.5 Å². The summed E-state index contributed by atoms with van der Waals surface area (Å²) in [5.41, 5.74) is 2.03. The summed E-state index contributed by atoms with van der Waals surface area (Å²) in [6, 6.07) is 5.75. The second-order valence-corrected chi connectivity index (χ2v) is 4.58. The Bertz CT molecular complexity index is 592. The van der Waals surface area contributed by atoms with Gasteiger partial charge in [-0.05, 0) is 17.7 Å². The van der Waals surface area contributed by atoms with Gasteiger partial charge in [0, 0.05) is 7.05 Å². The monoisotopic (exact) mass is 259 g/mol. The fourth-order valence-corrected chi connectivity index (χ4v) is 2.41. The van der Waals surface area contributed by atoms with Gasteiger partial charge in [0.05, 0.1) is 23.9 Å². The van der Waals surface area contributed by atoms with Crippen molar-refractivity contribution in [3.8, 4) is 5.75 Å². The molecule has 0 radical (unpaired) electrons. The molecule has 6 nitrogen and oxygen atoms in total. The van der Waals surface area contributed by atoms with Crippen LogP contribution in [0.3, 0.4) is 0 Å². The van der Waals surface area contributed by atoms with Crippen molar-refractivity contribution in [3.63, 3.8) is 0 Å². The number of rotatable bonds is 1. The van der Waals surface area contributed by atoms with Gasteiger partial charge in [0.1, 0.15) is 5.75 Å². The number of nitrogens with one attached hydrogen (secondary N) is 2. The number of amides is 3. The SMILES string of the molecule is CN1C(=O)N[C@H](c2ccc(O)cc2)C2=C1CNC2=O. The standard InChI is InChI=1S/C13H13N3O3/c1-16-9-6-14-12(18)10(9)11(15-13(16)19)7-2-4-8(17)5-3-7/h2-5,11,17H,6H2,1H3,(H,14,18)(H,15,19)/t11-/m1/s1. The van der Waals surface area contributed by atoms with Gasteiger partial charge in [0.25, 0.3) is 5.91 Å². The molecular weight excluding hydrogens is 246 g/mol. The number of carbonyl (C=O) groups is 2. The van der Waals surface area contributed by atoms with Crippen molar-refractivity contribution in [2.24, 2.45) is 0 Å². The first-order chi connectivity index (χ1) is 9.08. The molecule has 2 aliphatic heterocycles. The smallest absolute Gasteiger partial charge is 0.322 e. The molecule has 19 heavy (non-hydrogen) atoms. The number of phenolic OH excluding ortho intramolecular Hbond substituents is 1. The highest BCUT2D eigenvalue weighted by atomic mass is 16.3. The molecule has 6 heteroatoms. The van der Waals surface area contributed by atoms with Crippen LogP contribution in [-0.4, -0.2) is 35.5 Å². The van der Waals surface area contributed by atoms with E-state index in [1.807, 2.05) is 0 Å². The highest BCUT2D eigenvalue weighted by molar-refractivity contribution is 6.01. The molecule has 3 amide bonds. The van der Waals surface area contributed by atoms with Crippen LogP contribution in [-0.2, 0) is 4.79 Å². The van der Waals surface area contributed by atoms with E-state index >= 15 is 0 Å². The lowest BCUT2D eigenvalue weighted by molar-refractivity contribution is -0.116. The minimum atomic E-state index is -0.471. The molecule has 0 bridgehead atoms. The van der Waals surface area contributed by atoms with E-state index in [0.717, 1.165) is 5.56 Å². The predicted octanol–water partition coefficient (Wildman–Crippen LogP) is 0.472. The average Bonchev–Trinajstić information content (AvgIpc) is 2.78. The summed E-state index contributed by atoms with van der Waals surface area (Å²) in [5.74, 6) is -0.0204. The summed E-state index contributed by atoms with van der Waals surface area (Å²) >= 11 is 0. The Morgan fingerprint density at radius 2 is 1.95 bits per heavy atom. The van der Waals surface area contributed by atoms with Crippen molar-refractivity contribution in [3.05, 3.63) is 41.1 Å². The molecular formula is C13H13N3O3. The van der Waals surface area contributed by atoms with Crippen molar-refractivity contribution < 1.29 is 14.7 Å².